The number of carbonyl (C=O) groups excluding carboxylic acids is 2. The van der Waals surface area contributed by atoms with Crippen LogP contribution in [-0.4, -0.2) is 44.1 Å². The number of likely N-dealkylation sites (N-methyl/N-ethyl adjacent to an activating group) is 1. The molecule has 3 atom stereocenters. The zero-order valence-electron chi connectivity index (χ0n) is 16.0. The fourth-order valence-electron chi connectivity index (χ4n) is 4.47. The Bertz CT molecular complexity index is 948. The van der Waals surface area contributed by atoms with Gasteiger partial charge in [-0.1, -0.05) is 11.6 Å². The van der Waals surface area contributed by atoms with E-state index >= 15 is 0 Å². The summed E-state index contributed by atoms with van der Waals surface area (Å²) in [5.74, 6) is 0.637. The van der Waals surface area contributed by atoms with Crippen LogP contribution in [0.5, 0.6) is 0 Å². The Labute approximate surface area is 172 Å². The highest BCUT2D eigenvalue weighted by Gasteiger charge is 2.54. The normalized spacial score (nSPS) is 25.0. The van der Waals surface area contributed by atoms with Crippen LogP contribution < -0.4 is 21.7 Å². The van der Waals surface area contributed by atoms with Crippen molar-refractivity contribution in [3.63, 3.8) is 0 Å². The summed E-state index contributed by atoms with van der Waals surface area (Å²) in [5.41, 5.74) is 5.88. The standard InChI is InChI=1S/C18H23ClN8O2/c1-21-14(28)9-27-8-11(6-23-27)24-17-22-7-13(19)16(25-17)26-18-3-2-10(5-18)4-12(18)15(20)29/h6-8,10,12H,2-5,9H2,1H3,(H2,20,29)(H,21,28)(H2,22,24,25,26). The van der Waals surface area contributed by atoms with E-state index in [-0.39, 0.29) is 24.3 Å². The maximum Gasteiger partial charge on any atom is 0.241 e. The van der Waals surface area contributed by atoms with Crippen molar-refractivity contribution in [2.45, 2.75) is 37.8 Å². The molecule has 3 unspecified atom stereocenters. The number of hydrogen-bond acceptors (Lipinski definition) is 7. The number of fused-ring (bicyclic) bond motifs is 2. The third kappa shape index (κ3) is 3.84. The Morgan fingerprint density at radius 2 is 2.24 bits per heavy atom. The number of nitrogens with one attached hydrogen (secondary N) is 3. The molecule has 2 saturated carbocycles. The number of rotatable bonds is 7. The zero-order valence-corrected chi connectivity index (χ0v) is 16.7. The van der Waals surface area contributed by atoms with Gasteiger partial charge in [-0.15, -0.1) is 0 Å². The minimum absolute atomic E-state index is 0.116. The molecule has 2 amide bonds. The molecule has 2 aliphatic rings. The number of hydrogen-bond donors (Lipinski definition) is 4. The van der Waals surface area contributed by atoms with E-state index in [0.29, 0.717) is 28.4 Å². The van der Waals surface area contributed by atoms with Crippen LogP contribution in [0.15, 0.2) is 18.6 Å². The molecule has 5 N–H and O–H groups in total. The zero-order chi connectivity index (χ0) is 20.6. The quantitative estimate of drug-likeness (QED) is 0.530. The smallest absolute Gasteiger partial charge is 0.241 e. The van der Waals surface area contributed by atoms with Crippen molar-refractivity contribution in [2.75, 3.05) is 17.7 Å². The van der Waals surface area contributed by atoms with Gasteiger partial charge in [0.25, 0.3) is 0 Å². The lowest BCUT2D eigenvalue weighted by atomic mass is 9.82. The van der Waals surface area contributed by atoms with Crippen LogP contribution in [-0.2, 0) is 16.1 Å². The average molecular weight is 419 g/mol. The van der Waals surface area contributed by atoms with E-state index in [1.165, 1.54) is 10.9 Å². The lowest BCUT2D eigenvalue weighted by Gasteiger charge is -2.35. The third-order valence-electron chi connectivity index (χ3n) is 5.82. The second kappa shape index (κ2) is 7.51. The summed E-state index contributed by atoms with van der Waals surface area (Å²) in [6, 6.07) is 0. The summed E-state index contributed by atoms with van der Waals surface area (Å²) in [5, 5.41) is 13.5. The van der Waals surface area contributed by atoms with Crippen LogP contribution in [0.2, 0.25) is 5.02 Å². The number of amides is 2. The first-order valence-corrected chi connectivity index (χ1v) is 9.86. The molecule has 0 aromatic carbocycles. The van der Waals surface area contributed by atoms with Gasteiger partial charge in [-0.05, 0) is 31.6 Å². The molecule has 0 radical (unpaired) electrons. The van der Waals surface area contributed by atoms with Gasteiger partial charge in [0.1, 0.15) is 11.6 Å². The number of primary amides is 1. The summed E-state index contributed by atoms with van der Waals surface area (Å²) in [6.45, 7) is 0.116. The molecule has 0 aliphatic heterocycles. The molecule has 2 bridgehead atoms. The molecule has 11 heteroatoms. The molecule has 10 nitrogen and oxygen atoms in total. The lowest BCUT2D eigenvalue weighted by molar-refractivity contribution is -0.123. The van der Waals surface area contributed by atoms with Crippen LogP contribution in [0.25, 0.3) is 0 Å². The molecule has 2 heterocycles. The molecule has 0 spiro atoms. The van der Waals surface area contributed by atoms with Crippen molar-refractivity contribution in [1.29, 1.82) is 0 Å². The van der Waals surface area contributed by atoms with Crippen molar-refractivity contribution in [3.05, 3.63) is 23.6 Å². The molecule has 29 heavy (non-hydrogen) atoms. The first-order chi connectivity index (χ1) is 13.9. The lowest BCUT2D eigenvalue weighted by Crippen LogP contribution is -2.47. The highest BCUT2D eigenvalue weighted by Crippen LogP contribution is 2.53. The van der Waals surface area contributed by atoms with Gasteiger partial charge in [-0.25, -0.2) is 4.98 Å². The number of nitrogens with zero attached hydrogens (tertiary/aromatic N) is 4. The van der Waals surface area contributed by atoms with Crippen LogP contribution in [0.1, 0.15) is 25.7 Å². The summed E-state index contributed by atoms with van der Waals surface area (Å²) in [7, 11) is 1.57. The molecule has 2 aromatic rings. The van der Waals surface area contributed by atoms with E-state index < -0.39 is 5.54 Å². The van der Waals surface area contributed by atoms with Crippen LogP contribution in [0, 0.1) is 11.8 Å². The molecule has 2 fully saturated rings. The van der Waals surface area contributed by atoms with E-state index in [2.05, 4.69) is 31.0 Å². The summed E-state index contributed by atoms with van der Waals surface area (Å²) in [6.07, 6.45) is 8.38. The molecular weight excluding hydrogens is 396 g/mol. The fraction of sp³-hybridized carbons (Fsp3) is 0.500. The van der Waals surface area contributed by atoms with Gasteiger partial charge in [0.2, 0.25) is 17.8 Å². The summed E-state index contributed by atoms with van der Waals surface area (Å²) < 4.78 is 1.50. The average Bonchev–Trinajstić information content (AvgIpc) is 3.39. The van der Waals surface area contributed by atoms with Gasteiger partial charge >= 0.3 is 0 Å². The maximum absolute atomic E-state index is 11.9. The number of aromatic nitrogens is 4. The molecule has 0 saturated heterocycles. The fourth-order valence-corrected chi connectivity index (χ4v) is 4.61. The molecule has 2 aromatic heterocycles. The summed E-state index contributed by atoms with van der Waals surface area (Å²) in [4.78, 5) is 32.1. The van der Waals surface area contributed by atoms with Gasteiger partial charge in [-0.3, -0.25) is 14.3 Å². The van der Waals surface area contributed by atoms with Crippen molar-refractivity contribution < 1.29 is 9.59 Å². The van der Waals surface area contributed by atoms with Crippen molar-refractivity contribution in [2.24, 2.45) is 17.6 Å². The Balaban J connectivity index is 1.51. The van der Waals surface area contributed by atoms with Gasteiger partial charge in [-0.2, -0.15) is 10.1 Å². The van der Waals surface area contributed by atoms with E-state index in [0.717, 1.165) is 25.7 Å². The largest absolute Gasteiger partial charge is 0.369 e. The molecule has 2 aliphatic carbocycles. The predicted molar refractivity (Wildman–Crippen MR) is 108 cm³/mol. The van der Waals surface area contributed by atoms with Crippen molar-refractivity contribution >= 4 is 40.9 Å². The Morgan fingerprint density at radius 1 is 1.41 bits per heavy atom. The van der Waals surface area contributed by atoms with E-state index in [9.17, 15) is 9.59 Å². The Kier molecular flexibility index (Phi) is 5.03. The monoisotopic (exact) mass is 418 g/mol. The first kappa shape index (κ1) is 19.4. The number of halogens is 1. The minimum atomic E-state index is -0.399. The van der Waals surface area contributed by atoms with Crippen molar-refractivity contribution in [3.8, 4) is 0 Å². The molecular formula is C18H23ClN8O2. The third-order valence-corrected chi connectivity index (χ3v) is 6.09. The van der Waals surface area contributed by atoms with Crippen LogP contribution in [0.4, 0.5) is 17.5 Å². The predicted octanol–water partition coefficient (Wildman–Crippen LogP) is 1.27. The van der Waals surface area contributed by atoms with Crippen LogP contribution in [0.3, 0.4) is 0 Å². The van der Waals surface area contributed by atoms with Gasteiger partial charge in [0.05, 0.1) is 29.5 Å². The minimum Gasteiger partial charge on any atom is -0.369 e. The second-order valence-corrected chi connectivity index (χ2v) is 8.10. The SMILES string of the molecule is CNC(=O)Cn1cc(Nc2ncc(Cl)c(NC34CCC(CC3C(N)=O)C4)n2)cn1. The van der Waals surface area contributed by atoms with Gasteiger partial charge in [0.15, 0.2) is 5.82 Å². The number of carbonyl (C=O) groups is 2. The van der Waals surface area contributed by atoms with Crippen molar-refractivity contribution in [1.82, 2.24) is 25.1 Å². The van der Waals surface area contributed by atoms with E-state index in [1.807, 2.05) is 0 Å². The van der Waals surface area contributed by atoms with E-state index in [1.54, 1.807) is 19.4 Å². The highest BCUT2D eigenvalue weighted by atomic mass is 35.5. The number of anilines is 3. The second-order valence-electron chi connectivity index (χ2n) is 7.70. The van der Waals surface area contributed by atoms with E-state index in [4.69, 9.17) is 17.3 Å². The Hall–Kier alpha value is -2.88. The van der Waals surface area contributed by atoms with Gasteiger partial charge < -0.3 is 21.7 Å². The Morgan fingerprint density at radius 3 is 2.97 bits per heavy atom. The molecule has 154 valence electrons. The van der Waals surface area contributed by atoms with Gasteiger partial charge in [0, 0.05) is 13.2 Å². The summed E-state index contributed by atoms with van der Waals surface area (Å²) >= 11 is 6.32. The highest BCUT2D eigenvalue weighted by molar-refractivity contribution is 6.32. The topological polar surface area (TPSA) is 140 Å². The number of nitrogens with two attached hydrogens (primary N) is 1. The molecule has 4 rings (SSSR count). The maximum atomic E-state index is 11.9. The first-order valence-electron chi connectivity index (χ1n) is 9.48. The van der Waals surface area contributed by atoms with Crippen LogP contribution >= 0.6 is 11.6 Å².